The summed E-state index contributed by atoms with van der Waals surface area (Å²) in [5.74, 6) is 3.49. The Morgan fingerprint density at radius 1 is 1.00 bits per heavy atom. The SMILES string of the molecule is CC1(C2CC2C2CCCCC2)CC1. The molecule has 0 heteroatoms. The van der Waals surface area contributed by atoms with E-state index >= 15 is 0 Å². The molecule has 0 aromatic carbocycles. The molecule has 2 unspecified atom stereocenters. The quantitative estimate of drug-likeness (QED) is 0.599. The highest BCUT2D eigenvalue weighted by Crippen LogP contribution is 2.66. The fourth-order valence-corrected chi connectivity index (χ4v) is 3.67. The normalized spacial score (nSPS) is 43.2. The second-order valence-corrected chi connectivity index (χ2v) is 6.06. The molecule has 0 aliphatic heterocycles. The van der Waals surface area contributed by atoms with Gasteiger partial charge in [-0.3, -0.25) is 0 Å². The zero-order valence-electron chi connectivity index (χ0n) is 8.89. The molecular weight excluding hydrogens is 156 g/mol. The van der Waals surface area contributed by atoms with Crippen LogP contribution in [0.4, 0.5) is 0 Å². The molecule has 0 spiro atoms. The smallest absolute Gasteiger partial charge is 0.0294 e. The second-order valence-electron chi connectivity index (χ2n) is 6.06. The number of hydrogen-bond acceptors (Lipinski definition) is 0. The van der Waals surface area contributed by atoms with Crippen molar-refractivity contribution in [2.75, 3.05) is 0 Å². The zero-order valence-corrected chi connectivity index (χ0v) is 8.89. The Morgan fingerprint density at radius 3 is 2.31 bits per heavy atom. The second kappa shape index (κ2) is 2.74. The predicted molar refractivity (Wildman–Crippen MR) is 55.5 cm³/mol. The van der Waals surface area contributed by atoms with Crippen LogP contribution in [0.5, 0.6) is 0 Å². The summed E-state index contributed by atoms with van der Waals surface area (Å²) in [6, 6.07) is 0. The summed E-state index contributed by atoms with van der Waals surface area (Å²) in [5, 5.41) is 0. The summed E-state index contributed by atoms with van der Waals surface area (Å²) in [7, 11) is 0. The molecule has 0 nitrogen and oxygen atoms in total. The van der Waals surface area contributed by atoms with Crippen molar-refractivity contribution < 1.29 is 0 Å². The third kappa shape index (κ3) is 1.43. The van der Waals surface area contributed by atoms with Crippen LogP contribution in [-0.4, -0.2) is 0 Å². The molecule has 2 atom stereocenters. The van der Waals surface area contributed by atoms with Crippen molar-refractivity contribution in [3.8, 4) is 0 Å². The first-order valence-corrected chi connectivity index (χ1v) is 6.30. The van der Waals surface area contributed by atoms with Gasteiger partial charge in [-0.2, -0.15) is 0 Å². The van der Waals surface area contributed by atoms with Crippen LogP contribution in [-0.2, 0) is 0 Å². The first-order valence-electron chi connectivity index (χ1n) is 6.30. The van der Waals surface area contributed by atoms with Gasteiger partial charge in [-0.1, -0.05) is 39.0 Å². The molecule has 0 saturated heterocycles. The Kier molecular flexibility index (Phi) is 1.76. The van der Waals surface area contributed by atoms with Crippen molar-refractivity contribution >= 4 is 0 Å². The summed E-state index contributed by atoms with van der Waals surface area (Å²) in [4.78, 5) is 0. The highest BCUT2D eigenvalue weighted by atomic mass is 14.6. The van der Waals surface area contributed by atoms with Crippen LogP contribution >= 0.6 is 0 Å². The molecule has 0 aromatic heterocycles. The summed E-state index contributed by atoms with van der Waals surface area (Å²) in [5.41, 5.74) is 0.835. The first-order chi connectivity index (χ1) is 6.30. The lowest BCUT2D eigenvalue weighted by atomic mass is 9.83. The maximum atomic E-state index is 2.53. The van der Waals surface area contributed by atoms with E-state index in [1.54, 1.807) is 32.1 Å². The molecule has 0 radical (unpaired) electrons. The lowest BCUT2D eigenvalue weighted by Crippen LogP contribution is -2.11. The zero-order chi connectivity index (χ0) is 8.89. The molecule has 3 rings (SSSR count). The minimum atomic E-state index is 0.835. The molecule has 74 valence electrons. The van der Waals surface area contributed by atoms with Crippen LogP contribution in [0.15, 0.2) is 0 Å². The first kappa shape index (κ1) is 8.32. The molecule has 3 fully saturated rings. The summed E-state index contributed by atoms with van der Waals surface area (Å²) >= 11 is 0. The molecule has 0 aromatic rings. The van der Waals surface area contributed by atoms with Gasteiger partial charge >= 0.3 is 0 Å². The van der Waals surface area contributed by atoms with Crippen LogP contribution in [0.25, 0.3) is 0 Å². The van der Waals surface area contributed by atoms with Crippen molar-refractivity contribution in [2.45, 2.75) is 58.3 Å². The largest absolute Gasteiger partial charge is 0.0594 e. The fraction of sp³-hybridized carbons (Fsp3) is 1.00. The van der Waals surface area contributed by atoms with E-state index in [0.29, 0.717) is 0 Å². The Balaban J connectivity index is 1.57. The maximum absolute atomic E-state index is 2.53. The van der Waals surface area contributed by atoms with Crippen molar-refractivity contribution in [1.82, 2.24) is 0 Å². The van der Waals surface area contributed by atoms with Gasteiger partial charge in [-0.05, 0) is 42.4 Å². The van der Waals surface area contributed by atoms with Gasteiger partial charge in [0.15, 0.2) is 0 Å². The summed E-state index contributed by atoms with van der Waals surface area (Å²) < 4.78 is 0. The summed E-state index contributed by atoms with van der Waals surface area (Å²) in [6.45, 7) is 2.53. The van der Waals surface area contributed by atoms with E-state index in [4.69, 9.17) is 0 Å². The van der Waals surface area contributed by atoms with E-state index < -0.39 is 0 Å². The topological polar surface area (TPSA) is 0 Å². The van der Waals surface area contributed by atoms with Crippen LogP contribution in [0.2, 0.25) is 0 Å². The Hall–Kier alpha value is 0. The van der Waals surface area contributed by atoms with Crippen molar-refractivity contribution in [3.05, 3.63) is 0 Å². The van der Waals surface area contributed by atoms with E-state index in [2.05, 4.69) is 6.92 Å². The third-order valence-electron chi connectivity index (χ3n) is 5.03. The summed E-state index contributed by atoms with van der Waals surface area (Å²) in [6.07, 6.45) is 12.4. The van der Waals surface area contributed by atoms with E-state index in [-0.39, 0.29) is 0 Å². The Bertz CT molecular complexity index is 196. The highest BCUT2D eigenvalue weighted by Gasteiger charge is 2.57. The van der Waals surface area contributed by atoms with Gasteiger partial charge in [-0.15, -0.1) is 0 Å². The molecule has 13 heavy (non-hydrogen) atoms. The van der Waals surface area contributed by atoms with Crippen molar-refractivity contribution in [2.24, 2.45) is 23.2 Å². The molecule has 0 heterocycles. The lowest BCUT2D eigenvalue weighted by molar-refractivity contribution is 0.289. The predicted octanol–water partition coefficient (Wildman–Crippen LogP) is 4.00. The standard InChI is InChI=1S/C13H22/c1-13(7-8-13)12-9-11(12)10-5-3-2-4-6-10/h10-12H,2-9H2,1H3. The molecular formula is C13H22. The third-order valence-corrected chi connectivity index (χ3v) is 5.03. The monoisotopic (exact) mass is 178 g/mol. The van der Waals surface area contributed by atoms with Crippen LogP contribution in [0.1, 0.15) is 58.3 Å². The van der Waals surface area contributed by atoms with Gasteiger partial charge in [-0.25, -0.2) is 0 Å². The molecule has 0 bridgehead atoms. The average molecular weight is 178 g/mol. The maximum Gasteiger partial charge on any atom is -0.0294 e. The van der Waals surface area contributed by atoms with Crippen LogP contribution in [0.3, 0.4) is 0 Å². The fourth-order valence-electron chi connectivity index (χ4n) is 3.67. The van der Waals surface area contributed by atoms with E-state index in [1.807, 2.05) is 0 Å². The Labute approximate surface area is 82.1 Å². The Morgan fingerprint density at radius 2 is 1.69 bits per heavy atom. The van der Waals surface area contributed by atoms with E-state index in [1.165, 1.54) is 25.2 Å². The molecule has 0 amide bonds. The van der Waals surface area contributed by atoms with Crippen LogP contribution < -0.4 is 0 Å². The minimum Gasteiger partial charge on any atom is -0.0594 e. The van der Waals surface area contributed by atoms with Crippen molar-refractivity contribution in [1.29, 1.82) is 0 Å². The van der Waals surface area contributed by atoms with Crippen molar-refractivity contribution in [3.63, 3.8) is 0 Å². The lowest BCUT2D eigenvalue weighted by Gasteiger charge is -2.22. The molecule has 3 saturated carbocycles. The van der Waals surface area contributed by atoms with Gasteiger partial charge in [0.05, 0.1) is 0 Å². The van der Waals surface area contributed by atoms with Gasteiger partial charge < -0.3 is 0 Å². The average Bonchev–Trinajstić information content (AvgIpc) is 3.00. The molecule has 0 N–H and O–H groups in total. The highest BCUT2D eigenvalue weighted by molar-refractivity contribution is 5.07. The number of hydrogen-bond donors (Lipinski definition) is 0. The van der Waals surface area contributed by atoms with E-state index in [0.717, 1.165) is 17.3 Å². The minimum absolute atomic E-state index is 0.835. The molecule has 3 aliphatic rings. The van der Waals surface area contributed by atoms with Gasteiger partial charge in [0.1, 0.15) is 0 Å². The van der Waals surface area contributed by atoms with Gasteiger partial charge in [0.25, 0.3) is 0 Å². The van der Waals surface area contributed by atoms with Gasteiger partial charge in [0.2, 0.25) is 0 Å². The molecule has 3 aliphatic carbocycles. The van der Waals surface area contributed by atoms with E-state index in [9.17, 15) is 0 Å². The van der Waals surface area contributed by atoms with Gasteiger partial charge in [0, 0.05) is 0 Å². The van der Waals surface area contributed by atoms with Crippen LogP contribution in [0, 0.1) is 23.2 Å². The number of rotatable bonds is 2.